The van der Waals surface area contributed by atoms with Gasteiger partial charge in [0, 0.05) is 12.1 Å². The molecule has 0 fully saturated rings. The van der Waals surface area contributed by atoms with Crippen molar-refractivity contribution >= 4 is 32.6 Å². The molecular formula is C16H15N5O2S. The highest BCUT2D eigenvalue weighted by molar-refractivity contribution is 7.89. The lowest BCUT2D eigenvalue weighted by Gasteiger charge is -2.15. The molecule has 4 N–H and O–H groups in total. The largest absolute Gasteiger partial charge is 0.383 e. The van der Waals surface area contributed by atoms with Crippen LogP contribution in [0.3, 0.4) is 0 Å². The van der Waals surface area contributed by atoms with Crippen molar-refractivity contribution in [2.24, 2.45) is 0 Å². The van der Waals surface area contributed by atoms with E-state index in [0.29, 0.717) is 11.3 Å². The molecule has 1 aliphatic rings. The molecule has 1 aliphatic heterocycles. The van der Waals surface area contributed by atoms with E-state index in [9.17, 15) is 8.42 Å². The maximum atomic E-state index is 12.9. The molecule has 0 aliphatic carbocycles. The predicted molar refractivity (Wildman–Crippen MR) is 91.2 cm³/mol. The van der Waals surface area contributed by atoms with Crippen LogP contribution in [0.5, 0.6) is 0 Å². The Hall–Kier alpha value is -2.71. The first-order chi connectivity index (χ1) is 11.4. The number of nitrogens with two attached hydrogens (primary N) is 2. The second kappa shape index (κ2) is 5.15. The van der Waals surface area contributed by atoms with Gasteiger partial charge < -0.3 is 11.5 Å². The summed E-state index contributed by atoms with van der Waals surface area (Å²) in [6.07, 6.45) is 0. The highest BCUT2D eigenvalue weighted by Crippen LogP contribution is 2.31. The normalized spacial score (nSPS) is 14.8. The molecule has 8 heteroatoms. The first-order valence-electron chi connectivity index (χ1n) is 7.35. The van der Waals surface area contributed by atoms with Crippen molar-refractivity contribution in [1.29, 1.82) is 0 Å². The average Bonchev–Trinajstić information content (AvgIpc) is 2.99. The van der Waals surface area contributed by atoms with Gasteiger partial charge in [0.15, 0.2) is 0 Å². The number of hydrogen-bond acceptors (Lipinski definition) is 6. The van der Waals surface area contributed by atoms with Crippen molar-refractivity contribution in [2.75, 3.05) is 11.5 Å². The lowest BCUT2D eigenvalue weighted by molar-refractivity contribution is 0.430. The topological polar surface area (TPSA) is 115 Å². The van der Waals surface area contributed by atoms with Crippen molar-refractivity contribution in [3.05, 3.63) is 53.7 Å². The van der Waals surface area contributed by atoms with Gasteiger partial charge in [-0.3, -0.25) is 0 Å². The van der Waals surface area contributed by atoms with Crippen LogP contribution >= 0.6 is 0 Å². The molecule has 4 rings (SSSR count). The van der Waals surface area contributed by atoms with E-state index in [-0.39, 0.29) is 29.8 Å². The minimum absolute atomic E-state index is 0.0520. The molecule has 0 radical (unpaired) electrons. The maximum absolute atomic E-state index is 12.9. The molecule has 0 amide bonds. The number of rotatable bonds is 2. The van der Waals surface area contributed by atoms with E-state index in [1.165, 1.54) is 4.31 Å². The summed E-state index contributed by atoms with van der Waals surface area (Å²) in [4.78, 5) is 8.24. The van der Waals surface area contributed by atoms with E-state index in [1.54, 1.807) is 18.2 Å². The second-order valence-electron chi connectivity index (χ2n) is 5.67. The van der Waals surface area contributed by atoms with Gasteiger partial charge in [0.25, 0.3) is 0 Å². The molecule has 24 heavy (non-hydrogen) atoms. The standard InChI is InChI=1S/C16H15N5O2S/c17-15-13-8-21(9-14(13)19-16(18)20-15)24(22,23)12-6-5-10-3-1-2-4-11(10)7-12/h1-7H,8-9H2,(H4,17,18,19,20). The Morgan fingerprint density at radius 1 is 0.958 bits per heavy atom. The molecule has 3 aromatic rings. The zero-order chi connectivity index (χ0) is 16.9. The molecule has 0 spiro atoms. The molecule has 0 atom stereocenters. The van der Waals surface area contributed by atoms with Gasteiger partial charge in [-0.25, -0.2) is 13.4 Å². The molecule has 0 unspecified atom stereocenters. The van der Waals surface area contributed by atoms with E-state index in [0.717, 1.165) is 10.8 Å². The van der Waals surface area contributed by atoms with Gasteiger partial charge in [0.2, 0.25) is 16.0 Å². The Morgan fingerprint density at radius 2 is 1.71 bits per heavy atom. The summed E-state index contributed by atoms with van der Waals surface area (Å²) in [7, 11) is -3.66. The fraction of sp³-hybridized carbons (Fsp3) is 0.125. The van der Waals surface area contributed by atoms with Crippen LogP contribution in [0.2, 0.25) is 0 Å². The van der Waals surface area contributed by atoms with E-state index < -0.39 is 10.0 Å². The monoisotopic (exact) mass is 341 g/mol. The zero-order valence-electron chi connectivity index (χ0n) is 12.7. The lowest BCUT2D eigenvalue weighted by atomic mass is 10.1. The smallest absolute Gasteiger partial charge is 0.243 e. The average molecular weight is 341 g/mol. The van der Waals surface area contributed by atoms with Crippen molar-refractivity contribution in [3.63, 3.8) is 0 Å². The van der Waals surface area contributed by atoms with Gasteiger partial charge in [-0.15, -0.1) is 0 Å². The first-order valence-corrected chi connectivity index (χ1v) is 8.79. The van der Waals surface area contributed by atoms with Gasteiger partial charge in [-0.2, -0.15) is 9.29 Å². The van der Waals surface area contributed by atoms with Crippen molar-refractivity contribution in [1.82, 2.24) is 14.3 Å². The van der Waals surface area contributed by atoms with E-state index in [4.69, 9.17) is 11.5 Å². The fourth-order valence-electron chi connectivity index (χ4n) is 2.92. The molecule has 122 valence electrons. The van der Waals surface area contributed by atoms with Crippen LogP contribution in [0, 0.1) is 0 Å². The summed E-state index contributed by atoms with van der Waals surface area (Å²) in [6, 6.07) is 12.7. The molecular weight excluding hydrogens is 326 g/mol. The van der Waals surface area contributed by atoms with Crippen molar-refractivity contribution in [3.8, 4) is 0 Å². The first kappa shape index (κ1) is 14.9. The molecule has 0 saturated heterocycles. The SMILES string of the molecule is Nc1nc(N)c2c(n1)CN(S(=O)(=O)c1ccc3ccccc3c1)C2. The van der Waals surface area contributed by atoms with Gasteiger partial charge in [0.1, 0.15) is 5.82 Å². The zero-order valence-corrected chi connectivity index (χ0v) is 13.5. The van der Waals surface area contributed by atoms with E-state index in [2.05, 4.69) is 9.97 Å². The number of anilines is 2. The number of fused-ring (bicyclic) bond motifs is 2. The summed E-state index contributed by atoms with van der Waals surface area (Å²) in [5.74, 6) is 0.282. The van der Waals surface area contributed by atoms with Crippen LogP contribution < -0.4 is 11.5 Å². The predicted octanol–water partition coefficient (Wildman–Crippen LogP) is 1.50. The summed E-state index contributed by atoms with van der Waals surface area (Å²) in [5, 5.41) is 1.86. The number of nitrogens with zero attached hydrogens (tertiary/aromatic N) is 3. The Labute approximate surface area is 139 Å². The number of benzene rings is 2. The van der Waals surface area contributed by atoms with Crippen molar-refractivity contribution < 1.29 is 8.42 Å². The van der Waals surface area contributed by atoms with E-state index >= 15 is 0 Å². The number of sulfonamides is 1. The Bertz CT molecular complexity index is 1070. The molecule has 0 bridgehead atoms. The third-order valence-corrected chi connectivity index (χ3v) is 5.95. The van der Waals surface area contributed by atoms with Crippen LogP contribution in [-0.4, -0.2) is 22.7 Å². The molecule has 7 nitrogen and oxygen atoms in total. The van der Waals surface area contributed by atoms with Crippen LogP contribution in [0.25, 0.3) is 10.8 Å². The summed E-state index contributed by atoms with van der Waals surface area (Å²) in [6.45, 7) is 0.290. The number of aromatic nitrogens is 2. The molecule has 2 aromatic carbocycles. The summed E-state index contributed by atoms with van der Waals surface area (Å²) < 4.78 is 27.2. The van der Waals surface area contributed by atoms with Gasteiger partial charge >= 0.3 is 0 Å². The van der Waals surface area contributed by atoms with Crippen LogP contribution in [-0.2, 0) is 23.1 Å². The van der Waals surface area contributed by atoms with Crippen molar-refractivity contribution in [2.45, 2.75) is 18.0 Å². The molecule has 2 heterocycles. The van der Waals surface area contributed by atoms with E-state index in [1.807, 2.05) is 24.3 Å². The van der Waals surface area contributed by atoms with Crippen LogP contribution in [0.15, 0.2) is 47.4 Å². The minimum atomic E-state index is -3.66. The molecule has 0 saturated carbocycles. The Balaban J connectivity index is 1.74. The highest BCUT2D eigenvalue weighted by Gasteiger charge is 2.33. The highest BCUT2D eigenvalue weighted by atomic mass is 32.2. The maximum Gasteiger partial charge on any atom is 0.243 e. The molecule has 1 aromatic heterocycles. The van der Waals surface area contributed by atoms with Gasteiger partial charge in [0.05, 0.1) is 17.1 Å². The van der Waals surface area contributed by atoms with Crippen LogP contribution in [0.1, 0.15) is 11.3 Å². The number of nitrogen functional groups attached to an aromatic ring is 2. The summed E-state index contributed by atoms with van der Waals surface area (Å²) >= 11 is 0. The number of hydrogen-bond donors (Lipinski definition) is 2. The van der Waals surface area contributed by atoms with Gasteiger partial charge in [-0.05, 0) is 22.9 Å². The van der Waals surface area contributed by atoms with Gasteiger partial charge in [-0.1, -0.05) is 30.3 Å². The summed E-state index contributed by atoms with van der Waals surface area (Å²) in [5.41, 5.74) is 12.6. The third kappa shape index (κ3) is 2.27. The Morgan fingerprint density at radius 3 is 2.50 bits per heavy atom. The lowest BCUT2D eigenvalue weighted by Crippen LogP contribution is -2.25. The second-order valence-corrected chi connectivity index (χ2v) is 7.61. The van der Waals surface area contributed by atoms with Crippen LogP contribution in [0.4, 0.5) is 11.8 Å². The quantitative estimate of drug-likeness (QED) is 0.730. The fourth-order valence-corrected chi connectivity index (χ4v) is 4.32. The third-order valence-electron chi connectivity index (χ3n) is 4.16. The Kier molecular flexibility index (Phi) is 3.19. The minimum Gasteiger partial charge on any atom is -0.383 e.